The summed E-state index contributed by atoms with van der Waals surface area (Å²) in [5.74, 6) is -0.883. The molecule has 106 valence electrons. The van der Waals surface area contributed by atoms with Crippen LogP contribution in [0.15, 0.2) is 42.5 Å². The van der Waals surface area contributed by atoms with Crippen LogP contribution in [-0.4, -0.2) is 27.7 Å². The van der Waals surface area contributed by atoms with Crippen molar-refractivity contribution in [2.24, 2.45) is 0 Å². The van der Waals surface area contributed by atoms with Crippen molar-refractivity contribution in [2.75, 3.05) is 7.05 Å². The molecular weight excluding hydrogens is 277 g/mol. The number of hydrogen-bond acceptors (Lipinski definition) is 3. The second-order valence-corrected chi connectivity index (χ2v) is 6.79. The summed E-state index contributed by atoms with van der Waals surface area (Å²) >= 11 is 0. The molecule has 2 atom stereocenters. The van der Waals surface area contributed by atoms with Crippen LogP contribution in [0.25, 0.3) is 10.8 Å². The monoisotopic (exact) mass is 293 g/mol. The van der Waals surface area contributed by atoms with Gasteiger partial charge in [0.1, 0.15) is 11.9 Å². The maximum atomic E-state index is 11.5. The molecule has 1 fully saturated rings. The maximum absolute atomic E-state index is 11.5. The molecular formula is C14H16NO4P. The minimum atomic E-state index is -4.19. The molecule has 0 aliphatic carbocycles. The van der Waals surface area contributed by atoms with Crippen molar-refractivity contribution in [2.45, 2.75) is 18.3 Å². The minimum Gasteiger partial charge on any atom is -0.323 e. The maximum Gasteiger partial charge on any atom is 0.345 e. The predicted octanol–water partition coefficient (Wildman–Crippen LogP) is 2.65. The Morgan fingerprint density at radius 1 is 1.20 bits per heavy atom. The highest BCUT2D eigenvalue weighted by molar-refractivity contribution is 7.52. The van der Waals surface area contributed by atoms with Crippen LogP contribution in [0.3, 0.4) is 0 Å². The molecule has 1 aliphatic rings. The van der Waals surface area contributed by atoms with E-state index in [2.05, 4.69) is 0 Å². The van der Waals surface area contributed by atoms with E-state index < -0.39 is 13.4 Å². The zero-order valence-electron chi connectivity index (χ0n) is 11.0. The summed E-state index contributed by atoms with van der Waals surface area (Å²) in [7, 11) is -2.62. The van der Waals surface area contributed by atoms with Crippen LogP contribution >= 0.6 is 7.60 Å². The number of hydrogen-bond donors (Lipinski definition) is 2. The lowest BCUT2D eigenvalue weighted by molar-refractivity contribution is -0.135. The van der Waals surface area contributed by atoms with E-state index in [-0.39, 0.29) is 12.5 Å². The molecule has 1 saturated heterocycles. The molecule has 0 amide bonds. The minimum absolute atomic E-state index is 0.286. The number of rotatable bonds is 2. The molecule has 2 aromatic carbocycles. The van der Waals surface area contributed by atoms with E-state index in [1.165, 1.54) is 5.06 Å². The van der Waals surface area contributed by atoms with Gasteiger partial charge in [-0.15, -0.1) is 0 Å². The van der Waals surface area contributed by atoms with E-state index in [1.54, 1.807) is 7.05 Å². The first-order valence-corrected chi connectivity index (χ1v) is 8.07. The average molecular weight is 293 g/mol. The van der Waals surface area contributed by atoms with Gasteiger partial charge in [-0.2, -0.15) is 5.06 Å². The largest absolute Gasteiger partial charge is 0.345 e. The lowest BCUT2D eigenvalue weighted by Gasteiger charge is -2.17. The smallest absolute Gasteiger partial charge is 0.323 e. The molecule has 0 aromatic heterocycles. The Morgan fingerprint density at radius 3 is 2.60 bits per heavy atom. The highest BCUT2D eigenvalue weighted by Crippen LogP contribution is 2.51. The summed E-state index contributed by atoms with van der Waals surface area (Å²) in [6.45, 7) is 0. The van der Waals surface area contributed by atoms with Crippen molar-refractivity contribution in [3.05, 3.63) is 48.0 Å². The molecule has 1 heterocycles. The molecule has 0 radical (unpaired) electrons. The Morgan fingerprint density at radius 2 is 1.90 bits per heavy atom. The fourth-order valence-corrected chi connectivity index (χ4v) is 3.66. The van der Waals surface area contributed by atoms with E-state index >= 15 is 0 Å². The van der Waals surface area contributed by atoms with Gasteiger partial charge < -0.3 is 9.79 Å². The normalized spacial score (nSPS) is 24.4. The third kappa shape index (κ3) is 2.39. The Balaban J connectivity index is 1.99. The Labute approximate surface area is 116 Å². The summed E-state index contributed by atoms with van der Waals surface area (Å²) in [6, 6.07) is 13.8. The number of benzene rings is 2. The summed E-state index contributed by atoms with van der Waals surface area (Å²) in [5, 5.41) is 3.43. The van der Waals surface area contributed by atoms with E-state index in [1.807, 2.05) is 42.5 Å². The van der Waals surface area contributed by atoms with Gasteiger partial charge in [0.05, 0.1) is 0 Å². The van der Waals surface area contributed by atoms with Gasteiger partial charge in [0.25, 0.3) is 0 Å². The fourth-order valence-electron chi connectivity index (χ4n) is 2.72. The molecule has 3 rings (SSSR count). The van der Waals surface area contributed by atoms with E-state index in [9.17, 15) is 14.4 Å². The van der Waals surface area contributed by atoms with Crippen LogP contribution in [0.1, 0.15) is 18.1 Å². The highest BCUT2D eigenvalue weighted by Gasteiger charge is 2.42. The van der Waals surface area contributed by atoms with Crippen molar-refractivity contribution < 1.29 is 19.2 Å². The van der Waals surface area contributed by atoms with Crippen molar-refractivity contribution >= 4 is 18.4 Å². The first-order chi connectivity index (χ1) is 9.47. The standard InChI is InChI=1S/C14H16NO4P/c1-15-14(20(16,17)18)9-13(19-15)12-8-4-6-10-5-2-3-7-11(10)12/h2-8,13-14H,9H2,1H3,(H2,16,17,18)/t13-,14+/m0/s1. The van der Waals surface area contributed by atoms with Gasteiger partial charge in [-0.1, -0.05) is 42.5 Å². The zero-order chi connectivity index (χ0) is 14.3. The molecule has 1 aliphatic heterocycles. The molecule has 0 saturated carbocycles. The molecule has 2 aromatic rings. The van der Waals surface area contributed by atoms with Gasteiger partial charge in [-0.05, 0) is 16.3 Å². The summed E-state index contributed by atoms with van der Waals surface area (Å²) < 4.78 is 11.5. The molecule has 5 nitrogen and oxygen atoms in total. The first kappa shape index (κ1) is 13.7. The van der Waals surface area contributed by atoms with E-state index in [0.29, 0.717) is 0 Å². The molecule has 0 spiro atoms. The SMILES string of the molecule is CN1O[C@H](c2cccc3ccccc23)C[C@H]1P(=O)(O)O. The Kier molecular flexibility index (Phi) is 3.40. The van der Waals surface area contributed by atoms with Gasteiger partial charge in [0, 0.05) is 13.5 Å². The number of hydroxylamine groups is 2. The van der Waals surface area contributed by atoms with Crippen LogP contribution in [0.4, 0.5) is 0 Å². The predicted molar refractivity (Wildman–Crippen MR) is 76.0 cm³/mol. The van der Waals surface area contributed by atoms with Gasteiger partial charge in [-0.3, -0.25) is 9.40 Å². The molecule has 0 unspecified atom stereocenters. The van der Waals surface area contributed by atoms with Crippen LogP contribution in [0.2, 0.25) is 0 Å². The zero-order valence-corrected chi connectivity index (χ0v) is 11.9. The topological polar surface area (TPSA) is 70.0 Å². The van der Waals surface area contributed by atoms with Gasteiger partial charge in [0.2, 0.25) is 0 Å². The lowest BCUT2D eigenvalue weighted by atomic mass is 9.99. The first-order valence-electron chi connectivity index (χ1n) is 6.39. The lowest BCUT2D eigenvalue weighted by Crippen LogP contribution is -2.23. The second kappa shape index (κ2) is 4.95. The van der Waals surface area contributed by atoms with E-state index in [4.69, 9.17) is 4.84 Å². The molecule has 0 bridgehead atoms. The third-order valence-electron chi connectivity index (χ3n) is 3.70. The van der Waals surface area contributed by atoms with Crippen molar-refractivity contribution in [1.82, 2.24) is 5.06 Å². The van der Waals surface area contributed by atoms with Crippen LogP contribution in [0, 0.1) is 0 Å². The van der Waals surface area contributed by atoms with Crippen LogP contribution in [0.5, 0.6) is 0 Å². The van der Waals surface area contributed by atoms with Crippen molar-refractivity contribution in [3.8, 4) is 0 Å². The number of fused-ring (bicyclic) bond motifs is 1. The van der Waals surface area contributed by atoms with Gasteiger partial charge in [0.15, 0.2) is 0 Å². The van der Waals surface area contributed by atoms with Crippen LogP contribution in [-0.2, 0) is 9.40 Å². The second-order valence-electron chi connectivity index (χ2n) is 5.01. The number of nitrogens with zero attached hydrogens (tertiary/aromatic N) is 1. The average Bonchev–Trinajstić information content (AvgIpc) is 2.80. The highest BCUT2D eigenvalue weighted by atomic mass is 31.2. The Hall–Kier alpha value is -1.23. The summed E-state index contributed by atoms with van der Waals surface area (Å²) in [4.78, 5) is 24.3. The molecule has 20 heavy (non-hydrogen) atoms. The summed E-state index contributed by atoms with van der Waals surface area (Å²) in [6.07, 6.45) is -0.0434. The van der Waals surface area contributed by atoms with Crippen LogP contribution < -0.4 is 0 Å². The summed E-state index contributed by atoms with van der Waals surface area (Å²) in [5.41, 5.74) is 0.964. The van der Waals surface area contributed by atoms with Crippen molar-refractivity contribution in [1.29, 1.82) is 0 Å². The fraction of sp³-hybridized carbons (Fsp3) is 0.286. The van der Waals surface area contributed by atoms with Gasteiger partial charge in [-0.25, -0.2) is 0 Å². The van der Waals surface area contributed by atoms with Gasteiger partial charge >= 0.3 is 7.60 Å². The van der Waals surface area contributed by atoms with E-state index in [0.717, 1.165) is 16.3 Å². The van der Waals surface area contributed by atoms with Crippen molar-refractivity contribution in [3.63, 3.8) is 0 Å². The molecule has 6 heteroatoms. The third-order valence-corrected chi connectivity index (χ3v) is 5.01. The Bertz CT molecular complexity index is 678. The molecule has 2 N–H and O–H groups in total. The quantitative estimate of drug-likeness (QED) is 0.833.